The predicted molar refractivity (Wildman–Crippen MR) is 82.5 cm³/mol. The summed E-state index contributed by atoms with van der Waals surface area (Å²) in [5.74, 6) is 1.86. The second-order valence-electron chi connectivity index (χ2n) is 6.92. The molecule has 3 heteroatoms. The molecule has 112 valence electrons. The first-order valence-electron chi connectivity index (χ1n) is 8.25. The minimum atomic E-state index is 0.708. The van der Waals surface area contributed by atoms with E-state index in [0.717, 1.165) is 11.8 Å². The summed E-state index contributed by atoms with van der Waals surface area (Å²) >= 11 is 0. The number of rotatable bonds is 5. The maximum atomic E-state index is 3.79. The molecular weight excluding hydrogens is 234 g/mol. The molecule has 2 fully saturated rings. The van der Waals surface area contributed by atoms with Crippen molar-refractivity contribution in [1.82, 2.24) is 15.1 Å². The van der Waals surface area contributed by atoms with Gasteiger partial charge >= 0.3 is 0 Å². The van der Waals surface area contributed by atoms with Crippen LogP contribution < -0.4 is 5.32 Å². The summed E-state index contributed by atoms with van der Waals surface area (Å²) < 4.78 is 0. The van der Waals surface area contributed by atoms with Crippen LogP contribution in [0.25, 0.3) is 0 Å². The first-order chi connectivity index (χ1) is 9.15. The molecule has 3 nitrogen and oxygen atoms in total. The Labute approximate surface area is 119 Å². The van der Waals surface area contributed by atoms with Crippen molar-refractivity contribution in [3.05, 3.63) is 0 Å². The highest BCUT2D eigenvalue weighted by Crippen LogP contribution is 2.21. The Morgan fingerprint density at radius 1 is 0.947 bits per heavy atom. The summed E-state index contributed by atoms with van der Waals surface area (Å²) in [6, 6.07) is 0.708. The molecule has 2 rings (SSSR count). The minimum absolute atomic E-state index is 0.708. The molecule has 1 unspecified atom stereocenters. The third-order valence-corrected chi connectivity index (χ3v) is 5.33. The maximum absolute atomic E-state index is 3.79. The van der Waals surface area contributed by atoms with Gasteiger partial charge in [-0.15, -0.1) is 0 Å². The van der Waals surface area contributed by atoms with E-state index in [1.165, 1.54) is 64.8 Å². The first kappa shape index (κ1) is 15.3. The Morgan fingerprint density at radius 3 is 2.05 bits per heavy atom. The number of nitrogens with zero attached hydrogens (tertiary/aromatic N) is 2. The Kier molecular flexibility index (Phi) is 6.11. The fraction of sp³-hybridized carbons (Fsp3) is 1.00. The molecule has 0 spiro atoms. The Morgan fingerprint density at radius 2 is 1.47 bits per heavy atom. The third kappa shape index (κ3) is 5.05. The van der Waals surface area contributed by atoms with Crippen LogP contribution in [-0.2, 0) is 0 Å². The van der Waals surface area contributed by atoms with Gasteiger partial charge in [-0.05, 0) is 97.7 Å². The van der Waals surface area contributed by atoms with Gasteiger partial charge in [0.05, 0.1) is 0 Å². The fourth-order valence-electron chi connectivity index (χ4n) is 3.56. The average Bonchev–Trinajstić information content (AvgIpc) is 2.41. The quantitative estimate of drug-likeness (QED) is 0.822. The van der Waals surface area contributed by atoms with E-state index in [2.05, 4.69) is 36.1 Å². The van der Waals surface area contributed by atoms with Crippen LogP contribution >= 0.6 is 0 Å². The molecule has 2 aliphatic rings. The molecular formula is C16H33N3. The normalized spacial score (nSPS) is 26.7. The fourth-order valence-corrected chi connectivity index (χ4v) is 3.56. The van der Waals surface area contributed by atoms with Gasteiger partial charge in [0.1, 0.15) is 0 Å². The SMILES string of the molecule is CC(NCCC1CCN(C)CC1)C1CCN(C)CC1. The van der Waals surface area contributed by atoms with Gasteiger partial charge in [0.25, 0.3) is 0 Å². The van der Waals surface area contributed by atoms with Crippen LogP contribution in [0.1, 0.15) is 39.0 Å². The van der Waals surface area contributed by atoms with Crippen molar-refractivity contribution < 1.29 is 0 Å². The van der Waals surface area contributed by atoms with E-state index in [1.807, 2.05) is 0 Å². The van der Waals surface area contributed by atoms with Crippen LogP contribution in [0.3, 0.4) is 0 Å². The predicted octanol–water partition coefficient (Wildman–Crippen LogP) is 2.04. The lowest BCUT2D eigenvalue weighted by molar-refractivity contribution is 0.183. The second kappa shape index (κ2) is 7.61. The smallest absolute Gasteiger partial charge is 0.00679 e. The van der Waals surface area contributed by atoms with Crippen molar-refractivity contribution >= 4 is 0 Å². The zero-order valence-electron chi connectivity index (χ0n) is 13.2. The van der Waals surface area contributed by atoms with Crippen LogP contribution in [0.15, 0.2) is 0 Å². The Bertz CT molecular complexity index is 240. The van der Waals surface area contributed by atoms with Gasteiger partial charge in [-0.25, -0.2) is 0 Å². The van der Waals surface area contributed by atoms with E-state index in [4.69, 9.17) is 0 Å². The number of likely N-dealkylation sites (tertiary alicyclic amines) is 2. The summed E-state index contributed by atoms with van der Waals surface area (Å²) in [7, 11) is 4.49. The molecule has 0 saturated carbocycles. The molecule has 2 aliphatic heterocycles. The highest BCUT2D eigenvalue weighted by molar-refractivity contribution is 4.79. The van der Waals surface area contributed by atoms with Crippen molar-refractivity contribution in [1.29, 1.82) is 0 Å². The molecule has 1 N–H and O–H groups in total. The maximum Gasteiger partial charge on any atom is 0.00679 e. The van der Waals surface area contributed by atoms with E-state index in [9.17, 15) is 0 Å². The highest BCUT2D eigenvalue weighted by atomic mass is 15.1. The molecule has 2 heterocycles. The zero-order valence-corrected chi connectivity index (χ0v) is 13.2. The molecule has 0 aromatic rings. The van der Waals surface area contributed by atoms with Crippen molar-refractivity contribution in [2.24, 2.45) is 11.8 Å². The van der Waals surface area contributed by atoms with Crippen molar-refractivity contribution in [3.63, 3.8) is 0 Å². The van der Waals surface area contributed by atoms with Crippen molar-refractivity contribution in [2.45, 2.75) is 45.1 Å². The monoisotopic (exact) mass is 267 g/mol. The van der Waals surface area contributed by atoms with E-state index in [-0.39, 0.29) is 0 Å². The van der Waals surface area contributed by atoms with E-state index >= 15 is 0 Å². The third-order valence-electron chi connectivity index (χ3n) is 5.33. The van der Waals surface area contributed by atoms with Gasteiger partial charge < -0.3 is 15.1 Å². The number of piperidine rings is 2. The molecule has 0 bridgehead atoms. The summed E-state index contributed by atoms with van der Waals surface area (Å²) in [6.45, 7) is 8.79. The molecule has 0 aromatic heterocycles. The number of hydrogen-bond donors (Lipinski definition) is 1. The van der Waals surface area contributed by atoms with Crippen molar-refractivity contribution in [3.8, 4) is 0 Å². The van der Waals surface area contributed by atoms with Gasteiger partial charge in [0, 0.05) is 6.04 Å². The molecule has 19 heavy (non-hydrogen) atoms. The van der Waals surface area contributed by atoms with E-state index in [0.29, 0.717) is 6.04 Å². The highest BCUT2D eigenvalue weighted by Gasteiger charge is 2.22. The molecule has 1 atom stereocenters. The van der Waals surface area contributed by atoms with E-state index < -0.39 is 0 Å². The molecule has 0 aliphatic carbocycles. The molecule has 0 amide bonds. The van der Waals surface area contributed by atoms with Crippen LogP contribution in [0, 0.1) is 11.8 Å². The lowest BCUT2D eigenvalue weighted by Gasteiger charge is -2.34. The van der Waals surface area contributed by atoms with Gasteiger partial charge in [-0.3, -0.25) is 0 Å². The summed E-state index contributed by atoms with van der Waals surface area (Å²) in [5.41, 5.74) is 0. The summed E-state index contributed by atoms with van der Waals surface area (Å²) in [4.78, 5) is 4.92. The summed E-state index contributed by atoms with van der Waals surface area (Å²) in [5, 5.41) is 3.79. The van der Waals surface area contributed by atoms with Crippen LogP contribution in [0.4, 0.5) is 0 Å². The van der Waals surface area contributed by atoms with Gasteiger partial charge in [-0.1, -0.05) is 0 Å². The van der Waals surface area contributed by atoms with E-state index in [1.54, 1.807) is 0 Å². The Balaban J connectivity index is 1.57. The topological polar surface area (TPSA) is 18.5 Å². The van der Waals surface area contributed by atoms with Crippen LogP contribution in [-0.4, -0.2) is 62.7 Å². The van der Waals surface area contributed by atoms with Gasteiger partial charge in [-0.2, -0.15) is 0 Å². The average molecular weight is 267 g/mol. The van der Waals surface area contributed by atoms with Crippen molar-refractivity contribution in [2.75, 3.05) is 46.8 Å². The number of hydrogen-bond acceptors (Lipinski definition) is 3. The van der Waals surface area contributed by atoms with Gasteiger partial charge in [0.15, 0.2) is 0 Å². The largest absolute Gasteiger partial charge is 0.314 e. The Hall–Kier alpha value is -0.120. The molecule has 0 aromatic carbocycles. The zero-order chi connectivity index (χ0) is 13.7. The van der Waals surface area contributed by atoms with Gasteiger partial charge in [0.2, 0.25) is 0 Å². The lowest BCUT2D eigenvalue weighted by Crippen LogP contribution is -2.41. The minimum Gasteiger partial charge on any atom is -0.314 e. The van der Waals surface area contributed by atoms with Crippen LogP contribution in [0.2, 0.25) is 0 Å². The lowest BCUT2D eigenvalue weighted by atomic mass is 9.90. The molecule has 2 saturated heterocycles. The van der Waals surface area contributed by atoms with Crippen LogP contribution in [0.5, 0.6) is 0 Å². The summed E-state index contributed by atoms with van der Waals surface area (Å²) in [6.07, 6.45) is 6.93. The number of nitrogens with one attached hydrogen (secondary N) is 1. The standard InChI is InChI=1S/C16H33N3/c1-14(16-7-12-19(3)13-8-16)17-9-4-15-5-10-18(2)11-6-15/h14-17H,4-13H2,1-3H3. The molecule has 0 radical (unpaired) electrons. The first-order valence-corrected chi connectivity index (χ1v) is 8.25. The second-order valence-corrected chi connectivity index (χ2v) is 6.92.